The smallest absolute Gasteiger partial charge is 0.142 e. The standard InChI is InChI=1S/C12H19NOS/c1-3-14-12-8-6-5-7-11(12)13-9-10-15-4-2/h5-8,13H,3-4,9-10H2,1-2H3. The molecule has 0 saturated heterocycles. The maximum absolute atomic E-state index is 5.52. The summed E-state index contributed by atoms with van der Waals surface area (Å²) in [5.41, 5.74) is 1.09. The van der Waals surface area contributed by atoms with Gasteiger partial charge in [0.2, 0.25) is 0 Å². The van der Waals surface area contributed by atoms with Gasteiger partial charge >= 0.3 is 0 Å². The van der Waals surface area contributed by atoms with Gasteiger partial charge in [-0.05, 0) is 24.8 Å². The number of nitrogens with one attached hydrogen (secondary N) is 1. The molecule has 1 rings (SSSR count). The number of thioether (sulfide) groups is 1. The Kier molecular flexibility index (Phi) is 6.09. The molecule has 0 heterocycles. The highest BCUT2D eigenvalue weighted by Crippen LogP contribution is 2.23. The Morgan fingerprint density at radius 2 is 2.07 bits per heavy atom. The van der Waals surface area contributed by atoms with Crippen LogP contribution in [0.2, 0.25) is 0 Å². The van der Waals surface area contributed by atoms with Crippen LogP contribution < -0.4 is 10.1 Å². The highest BCUT2D eigenvalue weighted by Gasteiger charge is 2.00. The van der Waals surface area contributed by atoms with E-state index >= 15 is 0 Å². The van der Waals surface area contributed by atoms with Gasteiger partial charge < -0.3 is 10.1 Å². The fourth-order valence-electron chi connectivity index (χ4n) is 1.30. The van der Waals surface area contributed by atoms with Crippen molar-refractivity contribution in [3.8, 4) is 5.75 Å². The fourth-order valence-corrected chi connectivity index (χ4v) is 1.83. The second-order valence-corrected chi connectivity index (χ2v) is 4.45. The molecular weight excluding hydrogens is 206 g/mol. The summed E-state index contributed by atoms with van der Waals surface area (Å²) in [7, 11) is 0. The van der Waals surface area contributed by atoms with Crippen molar-refractivity contribution >= 4 is 17.4 Å². The zero-order chi connectivity index (χ0) is 10.9. The molecular formula is C12H19NOS. The van der Waals surface area contributed by atoms with E-state index < -0.39 is 0 Å². The summed E-state index contributed by atoms with van der Waals surface area (Å²) in [4.78, 5) is 0. The summed E-state index contributed by atoms with van der Waals surface area (Å²) in [5.74, 6) is 3.26. The number of hydrogen-bond acceptors (Lipinski definition) is 3. The quantitative estimate of drug-likeness (QED) is 0.720. The molecule has 0 aliphatic carbocycles. The lowest BCUT2D eigenvalue weighted by atomic mass is 10.3. The average molecular weight is 225 g/mol. The van der Waals surface area contributed by atoms with Crippen molar-refractivity contribution in [3.63, 3.8) is 0 Å². The van der Waals surface area contributed by atoms with E-state index in [0.717, 1.165) is 23.7 Å². The van der Waals surface area contributed by atoms with E-state index in [-0.39, 0.29) is 0 Å². The molecule has 0 aliphatic heterocycles. The van der Waals surface area contributed by atoms with Crippen LogP contribution in [0.15, 0.2) is 24.3 Å². The molecule has 0 atom stereocenters. The minimum Gasteiger partial charge on any atom is -0.492 e. The number of anilines is 1. The fraction of sp³-hybridized carbons (Fsp3) is 0.500. The average Bonchev–Trinajstić information content (AvgIpc) is 2.27. The second-order valence-electron chi connectivity index (χ2n) is 3.05. The van der Waals surface area contributed by atoms with Crippen LogP contribution in [0.1, 0.15) is 13.8 Å². The Bertz CT molecular complexity index is 278. The van der Waals surface area contributed by atoms with Crippen LogP contribution in [0.25, 0.3) is 0 Å². The van der Waals surface area contributed by atoms with Gasteiger partial charge in [-0.1, -0.05) is 19.1 Å². The SMILES string of the molecule is CCOc1ccccc1NCCSCC. The highest BCUT2D eigenvalue weighted by molar-refractivity contribution is 7.99. The first-order valence-electron chi connectivity index (χ1n) is 5.42. The van der Waals surface area contributed by atoms with Crippen LogP contribution in [0.5, 0.6) is 5.75 Å². The lowest BCUT2D eigenvalue weighted by Gasteiger charge is -2.11. The third-order valence-electron chi connectivity index (χ3n) is 1.95. The third-order valence-corrected chi connectivity index (χ3v) is 2.85. The number of benzene rings is 1. The van der Waals surface area contributed by atoms with Gasteiger partial charge in [0.25, 0.3) is 0 Å². The Hall–Kier alpha value is -0.830. The summed E-state index contributed by atoms with van der Waals surface area (Å²) in [6.45, 7) is 5.88. The first kappa shape index (κ1) is 12.2. The molecule has 0 aliphatic rings. The molecule has 3 heteroatoms. The van der Waals surface area contributed by atoms with E-state index in [1.165, 1.54) is 5.75 Å². The maximum Gasteiger partial charge on any atom is 0.142 e. The van der Waals surface area contributed by atoms with E-state index in [4.69, 9.17) is 4.74 Å². The van der Waals surface area contributed by atoms with Crippen molar-refractivity contribution in [1.82, 2.24) is 0 Å². The zero-order valence-electron chi connectivity index (χ0n) is 9.45. The minimum absolute atomic E-state index is 0.711. The molecule has 0 spiro atoms. The molecule has 0 radical (unpaired) electrons. The van der Waals surface area contributed by atoms with Crippen LogP contribution in [-0.4, -0.2) is 24.7 Å². The van der Waals surface area contributed by atoms with Gasteiger partial charge in [0.1, 0.15) is 5.75 Å². The number of hydrogen-bond donors (Lipinski definition) is 1. The highest BCUT2D eigenvalue weighted by atomic mass is 32.2. The first-order valence-corrected chi connectivity index (χ1v) is 6.57. The molecule has 0 amide bonds. The monoisotopic (exact) mass is 225 g/mol. The largest absolute Gasteiger partial charge is 0.492 e. The van der Waals surface area contributed by atoms with Crippen molar-refractivity contribution in [3.05, 3.63) is 24.3 Å². The summed E-state index contributed by atoms with van der Waals surface area (Å²) in [6.07, 6.45) is 0. The molecule has 0 saturated carbocycles. The van der Waals surface area contributed by atoms with E-state index in [9.17, 15) is 0 Å². The molecule has 1 aromatic carbocycles. The lowest BCUT2D eigenvalue weighted by molar-refractivity contribution is 0.342. The van der Waals surface area contributed by atoms with Gasteiger partial charge in [0, 0.05) is 12.3 Å². The normalized spacial score (nSPS) is 10.0. The molecule has 0 unspecified atom stereocenters. The van der Waals surface area contributed by atoms with Crippen LogP contribution in [-0.2, 0) is 0 Å². The first-order chi connectivity index (χ1) is 7.38. The molecule has 1 N–H and O–H groups in total. The lowest BCUT2D eigenvalue weighted by Crippen LogP contribution is -2.06. The van der Waals surface area contributed by atoms with Crippen molar-refractivity contribution < 1.29 is 4.74 Å². The molecule has 0 aromatic heterocycles. The maximum atomic E-state index is 5.52. The summed E-state index contributed by atoms with van der Waals surface area (Å²) < 4.78 is 5.52. The Morgan fingerprint density at radius 1 is 1.27 bits per heavy atom. The van der Waals surface area contributed by atoms with Crippen LogP contribution in [0.3, 0.4) is 0 Å². The van der Waals surface area contributed by atoms with Crippen molar-refractivity contribution in [2.24, 2.45) is 0 Å². The number of para-hydroxylation sites is 2. The van der Waals surface area contributed by atoms with Gasteiger partial charge in [0.05, 0.1) is 12.3 Å². The topological polar surface area (TPSA) is 21.3 Å². The molecule has 0 bridgehead atoms. The van der Waals surface area contributed by atoms with E-state index in [1.54, 1.807) is 0 Å². The minimum atomic E-state index is 0.711. The second kappa shape index (κ2) is 7.46. The predicted octanol–water partition coefficient (Wildman–Crippen LogP) is 3.25. The molecule has 1 aromatic rings. The Balaban J connectivity index is 2.44. The van der Waals surface area contributed by atoms with Crippen molar-refractivity contribution in [2.45, 2.75) is 13.8 Å². The summed E-state index contributed by atoms with van der Waals surface area (Å²) in [5, 5.41) is 3.39. The zero-order valence-corrected chi connectivity index (χ0v) is 10.3. The van der Waals surface area contributed by atoms with Gasteiger partial charge in [0.15, 0.2) is 0 Å². The Labute approximate surface area is 96.4 Å². The van der Waals surface area contributed by atoms with Crippen LogP contribution in [0.4, 0.5) is 5.69 Å². The van der Waals surface area contributed by atoms with Gasteiger partial charge in [-0.25, -0.2) is 0 Å². The number of ether oxygens (including phenoxy) is 1. The molecule has 15 heavy (non-hydrogen) atoms. The van der Waals surface area contributed by atoms with Crippen molar-refractivity contribution in [1.29, 1.82) is 0 Å². The third kappa shape index (κ3) is 4.47. The van der Waals surface area contributed by atoms with Crippen molar-refractivity contribution in [2.75, 3.05) is 30.0 Å². The number of rotatable bonds is 7. The molecule has 0 fully saturated rings. The molecule has 84 valence electrons. The molecule has 2 nitrogen and oxygen atoms in total. The van der Waals surface area contributed by atoms with E-state index in [2.05, 4.69) is 18.3 Å². The van der Waals surface area contributed by atoms with Gasteiger partial charge in [-0.2, -0.15) is 11.8 Å². The predicted molar refractivity (Wildman–Crippen MR) is 69.1 cm³/mol. The summed E-state index contributed by atoms with van der Waals surface area (Å²) in [6, 6.07) is 8.08. The van der Waals surface area contributed by atoms with E-state index in [0.29, 0.717) is 6.61 Å². The summed E-state index contributed by atoms with van der Waals surface area (Å²) >= 11 is 1.94. The van der Waals surface area contributed by atoms with Gasteiger partial charge in [-0.3, -0.25) is 0 Å². The van der Waals surface area contributed by atoms with Crippen LogP contribution in [0, 0.1) is 0 Å². The van der Waals surface area contributed by atoms with E-state index in [1.807, 2.05) is 36.9 Å². The van der Waals surface area contributed by atoms with Gasteiger partial charge in [-0.15, -0.1) is 0 Å². The van der Waals surface area contributed by atoms with Crippen LogP contribution >= 0.6 is 11.8 Å². The Morgan fingerprint density at radius 3 is 2.80 bits per heavy atom.